The molecule has 154 valence electrons. The third-order valence-electron chi connectivity index (χ3n) is 3.72. The molecule has 3 N–H and O–H groups in total. The smallest absolute Gasteiger partial charge is 0.350 e. The van der Waals surface area contributed by atoms with Crippen molar-refractivity contribution in [2.24, 2.45) is 0 Å². The summed E-state index contributed by atoms with van der Waals surface area (Å²) in [6.07, 6.45) is 0.0975. The zero-order chi connectivity index (χ0) is 20.7. The maximum absolute atomic E-state index is 11.8. The number of aliphatic hydroxyl groups excluding tert-OH is 1. The van der Waals surface area contributed by atoms with Crippen molar-refractivity contribution in [3.63, 3.8) is 0 Å². The molecule has 0 aromatic carbocycles. The molecule has 3 heterocycles. The zero-order valence-corrected chi connectivity index (χ0v) is 19.3. The number of hydrogen-bond acceptors (Lipinski definition) is 11. The number of fused-ring (bicyclic) bond motifs is 1. The molecule has 1 aliphatic heterocycles. The number of nitrogen functional groups attached to an aromatic ring is 1. The number of halogens is 3. The summed E-state index contributed by atoms with van der Waals surface area (Å²) in [6, 6.07) is 0. The number of imidazole rings is 1. The number of nitrogens with two attached hydrogens (primary N) is 1. The van der Waals surface area contributed by atoms with Gasteiger partial charge in [-0.15, -0.1) is 0 Å². The van der Waals surface area contributed by atoms with Gasteiger partial charge in [0.25, 0.3) is 0 Å². The second-order valence-electron chi connectivity index (χ2n) is 5.63. The largest absolute Gasteiger partial charge is 0.746 e. The van der Waals surface area contributed by atoms with Gasteiger partial charge in [0, 0.05) is 6.42 Å². The Balaban J connectivity index is 1.65. The second-order valence-corrected chi connectivity index (χ2v) is 13.7. The molecule has 1 fully saturated rings. The third kappa shape index (κ3) is 4.90. The van der Waals surface area contributed by atoms with E-state index in [4.69, 9.17) is 10.5 Å². The molecule has 0 saturated carbocycles. The molecule has 4 atom stereocenters. The lowest BCUT2D eigenvalue weighted by atomic mass is 10.2. The number of aliphatic hydroxyl groups is 1. The number of ether oxygens (including phenoxy) is 1. The van der Waals surface area contributed by atoms with Gasteiger partial charge in [-0.3, -0.25) is 9.13 Å². The van der Waals surface area contributed by atoms with E-state index in [-0.39, 0.29) is 12.2 Å². The monoisotopic (exact) mass is 606 g/mol. The molecule has 16 heteroatoms. The number of alkyl halides is 3. The van der Waals surface area contributed by atoms with E-state index in [2.05, 4.69) is 71.8 Å². The summed E-state index contributed by atoms with van der Waals surface area (Å²) >= 11 is 8.49. The number of carbonyl (C=O) groups is 1. The molecule has 2 aromatic heterocycles. The first-order valence-corrected chi connectivity index (χ1v) is 11.3. The molecular weight excluding hydrogens is 597 g/mol. The molecular formula is C12H12Br3N5O7P-. The van der Waals surface area contributed by atoms with Gasteiger partial charge in [0.05, 0.1) is 19.0 Å². The van der Waals surface area contributed by atoms with E-state index in [9.17, 15) is 19.4 Å². The van der Waals surface area contributed by atoms with E-state index in [1.165, 1.54) is 12.7 Å². The molecule has 1 unspecified atom stereocenters. The predicted octanol–water partition coefficient (Wildman–Crippen LogP) is 0.924. The summed E-state index contributed by atoms with van der Waals surface area (Å²) in [5.41, 5.74) is 6.51. The Morgan fingerprint density at radius 1 is 1.46 bits per heavy atom. The molecule has 2 aromatic rings. The standard InChI is InChI=1S/C12H13Br3N5O7P/c13-12(14,15)11(22)27-28(23,24)25-2-6-5(21)1-7(26-6)20-4-19-8-9(16)17-3-18-10(8)20/h3-7,21H,1-2H2,(H,23,24)(H2,16,17,18)/p-1/t5-,6+,7+/m0/s1. The number of phosphoric ester groups is 1. The minimum atomic E-state index is -4.99. The molecule has 1 aliphatic rings. The summed E-state index contributed by atoms with van der Waals surface area (Å²) in [6.45, 7) is -0.560. The van der Waals surface area contributed by atoms with Crippen LogP contribution in [0.25, 0.3) is 11.2 Å². The van der Waals surface area contributed by atoms with Gasteiger partial charge in [-0.25, -0.2) is 19.7 Å². The molecule has 0 aliphatic carbocycles. The van der Waals surface area contributed by atoms with Crippen molar-refractivity contribution in [1.82, 2.24) is 19.5 Å². The number of anilines is 1. The van der Waals surface area contributed by atoms with E-state index >= 15 is 0 Å². The highest BCUT2D eigenvalue weighted by Gasteiger charge is 2.38. The van der Waals surface area contributed by atoms with Crippen LogP contribution in [0, 0.1) is 0 Å². The van der Waals surface area contributed by atoms with Gasteiger partial charge in [0.15, 0.2) is 11.5 Å². The minimum absolute atomic E-state index is 0.125. The Kier molecular flexibility index (Phi) is 6.47. The van der Waals surface area contributed by atoms with Crippen LogP contribution in [0.2, 0.25) is 0 Å². The Hall–Kier alpha value is -0.670. The van der Waals surface area contributed by atoms with Gasteiger partial charge >= 0.3 is 13.8 Å². The summed E-state index contributed by atoms with van der Waals surface area (Å²) in [7, 11) is -4.99. The van der Waals surface area contributed by atoms with Gasteiger partial charge in [-0.1, -0.05) is 0 Å². The Bertz CT molecular complexity index is 938. The molecule has 1 saturated heterocycles. The summed E-state index contributed by atoms with van der Waals surface area (Å²) in [5, 5.41) is 10.2. The fourth-order valence-electron chi connectivity index (χ4n) is 2.46. The van der Waals surface area contributed by atoms with Crippen LogP contribution in [0.3, 0.4) is 0 Å². The fraction of sp³-hybridized carbons (Fsp3) is 0.500. The highest BCUT2D eigenvalue weighted by atomic mass is 80.0. The Morgan fingerprint density at radius 2 is 2.18 bits per heavy atom. The lowest BCUT2D eigenvalue weighted by Crippen LogP contribution is -2.29. The van der Waals surface area contributed by atoms with Gasteiger partial charge in [0.1, 0.15) is 24.2 Å². The summed E-state index contributed by atoms with van der Waals surface area (Å²) in [5.74, 6) is -1.00. The lowest BCUT2D eigenvalue weighted by molar-refractivity contribution is -0.227. The van der Waals surface area contributed by atoms with Gasteiger partial charge < -0.3 is 29.5 Å². The molecule has 0 radical (unpaired) electrons. The van der Waals surface area contributed by atoms with Gasteiger partial charge in [-0.05, 0) is 47.8 Å². The third-order valence-corrected chi connectivity index (χ3v) is 5.55. The van der Waals surface area contributed by atoms with Crippen molar-refractivity contribution >= 4 is 78.6 Å². The highest BCUT2D eigenvalue weighted by Crippen LogP contribution is 2.45. The highest BCUT2D eigenvalue weighted by molar-refractivity contribution is 9.40. The first-order valence-electron chi connectivity index (χ1n) is 7.51. The van der Waals surface area contributed by atoms with Gasteiger partial charge in [0.2, 0.25) is 2.14 Å². The maximum Gasteiger partial charge on any atom is 0.350 e. The first kappa shape index (κ1) is 22.0. The molecule has 0 amide bonds. The van der Waals surface area contributed by atoms with Crippen molar-refractivity contribution in [2.75, 3.05) is 12.3 Å². The van der Waals surface area contributed by atoms with E-state index < -0.39 is 41.0 Å². The van der Waals surface area contributed by atoms with Crippen molar-refractivity contribution in [3.8, 4) is 0 Å². The Labute approximate surface area is 182 Å². The lowest BCUT2D eigenvalue weighted by Gasteiger charge is -2.26. The maximum atomic E-state index is 11.8. The number of phosphoric acid groups is 1. The van der Waals surface area contributed by atoms with Crippen LogP contribution in [0.15, 0.2) is 12.7 Å². The summed E-state index contributed by atoms with van der Waals surface area (Å²) in [4.78, 5) is 35.4. The number of nitrogens with zero attached hydrogens (tertiary/aromatic N) is 4. The predicted molar refractivity (Wildman–Crippen MR) is 103 cm³/mol. The zero-order valence-electron chi connectivity index (χ0n) is 13.6. The first-order chi connectivity index (χ1) is 13.0. The van der Waals surface area contributed by atoms with Crippen molar-refractivity contribution < 1.29 is 33.1 Å². The molecule has 3 rings (SSSR count). The number of hydrogen-bond donors (Lipinski definition) is 2. The fourth-order valence-corrected chi connectivity index (χ4v) is 3.80. The van der Waals surface area contributed by atoms with Crippen LogP contribution in [0.4, 0.5) is 5.82 Å². The van der Waals surface area contributed by atoms with Crippen LogP contribution >= 0.6 is 55.6 Å². The average molecular weight is 609 g/mol. The van der Waals surface area contributed by atoms with E-state index in [0.717, 1.165) is 0 Å². The average Bonchev–Trinajstić information content (AvgIpc) is 3.16. The molecule has 12 nitrogen and oxygen atoms in total. The van der Waals surface area contributed by atoms with Crippen LogP contribution < -0.4 is 10.6 Å². The number of carbonyl (C=O) groups excluding carboxylic acids is 1. The van der Waals surface area contributed by atoms with Crippen LogP contribution in [0.5, 0.6) is 0 Å². The van der Waals surface area contributed by atoms with Crippen LogP contribution in [-0.2, 0) is 23.1 Å². The minimum Gasteiger partial charge on any atom is -0.746 e. The topological polar surface area (TPSA) is 175 Å². The van der Waals surface area contributed by atoms with E-state index in [1.807, 2.05) is 0 Å². The summed E-state index contributed by atoms with van der Waals surface area (Å²) < 4.78 is 26.4. The number of rotatable bonds is 5. The molecule has 0 spiro atoms. The molecule has 28 heavy (non-hydrogen) atoms. The van der Waals surface area contributed by atoms with E-state index in [1.54, 1.807) is 4.57 Å². The van der Waals surface area contributed by atoms with Crippen LogP contribution in [-0.4, -0.2) is 51.6 Å². The normalized spacial score (nSPS) is 25.0. The quantitative estimate of drug-likeness (QED) is 0.365. The Morgan fingerprint density at radius 3 is 2.86 bits per heavy atom. The SMILES string of the molecule is Nc1ncnc2c1ncn2[C@H]1C[C@H](O)[C@@H](COP(=O)([O-])OC(=O)C(Br)(Br)Br)O1. The molecule has 0 bridgehead atoms. The van der Waals surface area contributed by atoms with Crippen molar-refractivity contribution in [2.45, 2.75) is 27.0 Å². The van der Waals surface area contributed by atoms with Crippen molar-refractivity contribution in [1.29, 1.82) is 0 Å². The van der Waals surface area contributed by atoms with E-state index in [0.29, 0.717) is 11.2 Å². The van der Waals surface area contributed by atoms with Crippen molar-refractivity contribution in [3.05, 3.63) is 12.7 Å². The second kappa shape index (κ2) is 8.22. The van der Waals surface area contributed by atoms with Gasteiger partial charge in [-0.2, -0.15) is 0 Å². The van der Waals surface area contributed by atoms with Crippen LogP contribution in [0.1, 0.15) is 12.6 Å². The number of aromatic nitrogens is 4.